The average molecular weight is 297 g/mol. The van der Waals surface area contributed by atoms with Gasteiger partial charge in [-0.25, -0.2) is 8.42 Å². The number of benzene rings is 1. The second-order valence-electron chi connectivity index (χ2n) is 5.40. The maximum Gasteiger partial charge on any atom is 0.243 e. The zero-order chi connectivity index (χ0) is 14.8. The molecular weight excluding hydrogens is 274 g/mol. The number of rotatable bonds is 5. The molecule has 112 valence electrons. The Morgan fingerprint density at radius 3 is 2.55 bits per heavy atom. The minimum absolute atomic E-state index is 0.343. The fraction of sp³-hybridized carbons (Fsp3) is 0.571. The van der Waals surface area contributed by atoms with Gasteiger partial charge in [-0.2, -0.15) is 4.31 Å². The lowest BCUT2D eigenvalue weighted by molar-refractivity contribution is 0.310. The predicted octanol–water partition coefficient (Wildman–Crippen LogP) is 1.29. The molecule has 1 aliphatic heterocycles. The normalized spacial score (nSPS) is 16.9. The Bertz CT molecular complexity index is 566. The van der Waals surface area contributed by atoms with Crippen LogP contribution in [0.15, 0.2) is 23.1 Å². The molecule has 0 amide bonds. The highest BCUT2D eigenvalue weighted by Crippen LogP contribution is 2.21. The van der Waals surface area contributed by atoms with E-state index < -0.39 is 10.0 Å². The predicted molar refractivity (Wildman–Crippen MR) is 81.1 cm³/mol. The summed E-state index contributed by atoms with van der Waals surface area (Å²) in [5.41, 5.74) is 6.95. The Labute approximate surface area is 121 Å². The van der Waals surface area contributed by atoms with E-state index >= 15 is 0 Å². The first-order chi connectivity index (χ1) is 9.41. The zero-order valence-electron chi connectivity index (χ0n) is 12.2. The summed E-state index contributed by atoms with van der Waals surface area (Å²) in [6.45, 7) is 5.25. The number of hydrogen-bond acceptors (Lipinski definition) is 4. The Balaban J connectivity index is 2.08. The highest BCUT2D eigenvalue weighted by molar-refractivity contribution is 7.89. The molecule has 0 atom stereocenters. The van der Waals surface area contributed by atoms with Crippen LogP contribution in [0.1, 0.15) is 18.4 Å². The Morgan fingerprint density at radius 1 is 1.30 bits per heavy atom. The lowest BCUT2D eigenvalue weighted by Gasteiger charge is -2.22. The highest BCUT2D eigenvalue weighted by atomic mass is 32.2. The monoisotopic (exact) mass is 297 g/mol. The van der Waals surface area contributed by atoms with E-state index in [0.717, 1.165) is 19.6 Å². The molecule has 2 N–H and O–H groups in total. The molecule has 0 aliphatic carbocycles. The van der Waals surface area contributed by atoms with Crippen molar-refractivity contribution >= 4 is 15.7 Å². The lowest BCUT2D eigenvalue weighted by Crippen LogP contribution is -2.35. The molecule has 0 unspecified atom stereocenters. The fourth-order valence-corrected chi connectivity index (χ4v) is 3.90. The second-order valence-corrected chi connectivity index (χ2v) is 7.41. The molecule has 6 heteroatoms. The van der Waals surface area contributed by atoms with E-state index in [2.05, 4.69) is 4.90 Å². The van der Waals surface area contributed by atoms with Gasteiger partial charge in [0.15, 0.2) is 0 Å². The van der Waals surface area contributed by atoms with Crippen LogP contribution < -0.4 is 5.73 Å². The third-order valence-corrected chi connectivity index (χ3v) is 5.83. The standard InChI is InChI=1S/C14H23N3O2S/c1-12-11-13(15)5-6-14(12)20(18,19)16(2)9-10-17-7-3-4-8-17/h5-6,11H,3-4,7-10,15H2,1-2H3. The number of likely N-dealkylation sites (N-methyl/N-ethyl adjacent to an activating group) is 1. The Kier molecular flexibility index (Phi) is 4.67. The van der Waals surface area contributed by atoms with Crippen molar-refractivity contribution in [3.63, 3.8) is 0 Å². The Hall–Kier alpha value is -1.11. The summed E-state index contributed by atoms with van der Waals surface area (Å²) in [5.74, 6) is 0. The molecule has 0 bridgehead atoms. The summed E-state index contributed by atoms with van der Waals surface area (Å²) in [5, 5.41) is 0. The van der Waals surface area contributed by atoms with Crippen LogP contribution in [0.2, 0.25) is 0 Å². The van der Waals surface area contributed by atoms with Crippen molar-refractivity contribution in [2.24, 2.45) is 0 Å². The number of anilines is 1. The van der Waals surface area contributed by atoms with Crippen molar-refractivity contribution in [1.29, 1.82) is 0 Å². The van der Waals surface area contributed by atoms with Crippen LogP contribution in [-0.2, 0) is 10.0 Å². The van der Waals surface area contributed by atoms with E-state index in [4.69, 9.17) is 5.73 Å². The molecule has 2 rings (SSSR count). The van der Waals surface area contributed by atoms with Crippen molar-refractivity contribution in [3.05, 3.63) is 23.8 Å². The molecule has 0 radical (unpaired) electrons. The third-order valence-electron chi connectivity index (χ3n) is 3.82. The van der Waals surface area contributed by atoms with E-state index in [0.29, 0.717) is 22.7 Å². The Morgan fingerprint density at radius 2 is 1.95 bits per heavy atom. The first-order valence-corrected chi connectivity index (χ1v) is 8.40. The topological polar surface area (TPSA) is 66.6 Å². The molecule has 1 aliphatic rings. The molecule has 5 nitrogen and oxygen atoms in total. The molecule has 20 heavy (non-hydrogen) atoms. The minimum Gasteiger partial charge on any atom is -0.399 e. The van der Waals surface area contributed by atoms with E-state index in [9.17, 15) is 8.42 Å². The molecule has 1 fully saturated rings. The summed E-state index contributed by atoms with van der Waals surface area (Å²) < 4.78 is 26.5. The number of hydrogen-bond donors (Lipinski definition) is 1. The summed E-state index contributed by atoms with van der Waals surface area (Å²) in [6, 6.07) is 4.92. The van der Waals surface area contributed by atoms with Crippen molar-refractivity contribution in [2.75, 3.05) is 39.0 Å². The summed E-state index contributed by atoms with van der Waals surface area (Å²) in [7, 11) is -1.79. The first-order valence-electron chi connectivity index (χ1n) is 6.96. The van der Waals surface area contributed by atoms with Gasteiger partial charge in [0.2, 0.25) is 10.0 Å². The fourth-order valence-electron chi connectivity index (χ4n) is 2.54. The van der Waals surface area contributed by atoms with Crippen molar-refractivity contribution in [1.82, 2.24) is 9.21 Å². The van der Waals surface area contributed by atoms with Crippen LogP contribution in [0.5, 0.6) is 0 Å². The van der Waals surface area contributed by atoms with Gasteiger partial charge in [0.25, 0.3) is 0 Å². The maximum absolute atomic E-state index is 12.5. The third kappa shape index (κ3) is 3.31. The molecule has 1 saturated heterocycles. The van der Waals surface area contributed by atoms with Crippen LogP contribution in [0.3, 0.4) is 0 Å². The van der Waals surface area contributed by atoms with Crippen LogP contribution in [0.4, 0.5) is 5.69 Å². The number of nitrogen functional groups attached to an aromatic ring is 1. The van der Waals surface area contributed by atoms with E-state index in [1.54, 1.807) is 32.2 Å². The first kappa shape index (κ1) is 15.3. The largest absolute Gasteiger partial charge is 0.399 e. The van der Waals surface area contributed by atoms with Crippen LogP contribution in [0, 0.1) is 6.92 Å². The molecule has 1 aromatic rings. The maximum atomic E-state index is 12.5. The van der Waals surface area contributed by atoms with Gasteiger partial charge in [-0.05, 0) is 56.6 Å². The number of aryl methyl sites for hydroxylation is 1. The van der Waals surface area contributed by atoms with Crippen molar-refractivity contribution in [2.45, 2.75) is 24.7 Å². The highest BCUT2D eigenvalue weighted by Gasteiger charge is 2.23. The van der Waals surface area contributed by atoms with Gasteiger partial charge in [-0.3, -0.25) is 0 Å². The number of nitrogens with zero attached hydrogens (tertiary/aromatic N) is 2. The van der Waals surface area contributed by atoms with Gasteiger partial charge in [0.1, 0.15) is 0 Å². The number of likely N-dealkylation sites (tertiary alicyclic amines) is 1. The molecule has 0 aromatic heterocycles. The second kappa shape index (κ2) is 6.11. The van der Waals surface area contributed by atoms with E-state index in [-0.39, 0.29) is 0 Å². The van der Waals surface area contributed by atoms with Gasteiger partial charge < -0.3 is 10.6 Å². The van der Waals surface area contributed by atoms with Crippen molar-refractivity contribution < 1.29 is 8.42 Å². The van der Waals surface area contributed by atoms with Crippen molar-refractivity contribution in [3.8, 4) is 0 Å². The van der Waals surface area contributed by atoms with Crippen LogP contribution in [-0.4, -0.2) is 50.8 Å². The van der Waals surface area contributed by atoms with Crippen LogP contribution in [0.25, 0.3) is 0 Å². The number of sulfonamides is 1. The minimum atomic E-state index is -3.43. The zero-order valence-corrected chi connectivity index (χ0v) is 13.0. The summed E-state index contributed by atoms with van der Waals surface area (Å²) >= 11 is 0. The van der Waals surface area contributed by atoms with E-state index in [1.165, 1.54) is 17.1 Å². The van der Waals surface area contributed by atoms with Gasteiger partial charge >= 0.3 is 0 Å². The van der Waals surface area contributed by atoms with Gasteiger partial charge in [-0.15, -0.1) is 0 Å². The van der Waals surface area contributed by atoms with E-state index in [1.807, 2.05) is 0 Å². The lowest BCUT2D eigenvalue weighted by atomic mass is 10.2. The average Bonchev–Trinajstić information content (AvgIpc) is 2.88. The van der Waals surface area contributed by atoms with Gasteiger partial charge in [0, 0.05) is 25.8 Å². The number of nitrogens with two attached hydrogens (primary N) is 1. The van der Waals surface area contributed by atoms with Gasteiger partial charge in [0.05, 0.1) is 4.90 Å². The van der Waals surface area contributed by atoms with Gasteiger partial charge in [-0.1, -0.05) is 0 Å². The molecule has 0 saturated carbocycles. The quantitative estimate of drug-likeness (QED) is 0.832. The smallest absolute Gasteiger partial charge is 0.243 e. The molecular formula is C14H23N3O2S. The van der Waals surface area contributed by atoms with Crippen LogP contribution >= 0.6 is 0 Å². The summed E-state index contributed by atoms with van der Waals surface area (Å²) in [4.78, 5) is 2.65. The SMILES string of the molecule is Cc1cc(N)ccc1S(=O)(=O)N(C)CCN1CCCC1. The molecule has 1 aromatic carbocycles. The summed E-state index contributed by atoms with van der Waals surface area (Å²) in [6.07, 6.45) is 2.43. The molecule has 1 heterocycles. The molecule has 0 spiro atoms.